The summed E-state index contributed by atoms with van der Waals surface area (Å²) in [6.45, 7) is 0. The van der Waals surface area contributed by atoms with E-state index in [0.717, 1.165) is 0 Å². The summed E-state index contributed by atoms with van der Waals surface area (Å²) < 4.78 is 31.2. The summed E-state index contributed by atoms with van der Waals surface area (Å²) in [5.41, 5.74) is 0. The van der Waals surface area contributed by atoms with Crippen LogP contribution in [0.1, 0.15) is 12.8 Å². The van der Waals surface area contributed by atoms with Crippen LogP contribution in [-0.4, -0.2) is 20.1 Å². The Morgan fingerprint density at radius 2 is 1.89 bits per heavy atom. The van der Waals surface area contributed by atoms with Gasteiger partial charge in [-0.3, -0.25) is 0 Å². The molecule has 0 radical (unpaired) electrons. The molecule has 0 N–H and O–H groups in total. The zero-order chi connectivity index (χ0) is 7.33. The standard InChI is InChI=1S/C4H8ClFO2S/c5-3-1-2-4-9(6,7)8/h1-4H2. The van der Waals surface area contributed by atoms with Gasteiger partial charge in [0.2, 0.25) is 0 Å². The number of halogens is 2. The molecule has 0 aromatic rings. The number of unbranched alkanes of at least 4 members (excludes halogenated alkanes) is 1. The molecule has 0 unspecified atom stereocenters. The second-order valence-corrected chi connectivity index (χ2v) is 3.50. The molecule has 0 aliphatic carbocycles. The third kappa shape index (κ3) is 8.17. The summed E-state index contributed by atoms with van der Waals surface area (Å²) in [6, 6.07) is 0. The number of rotatable bonds is 4. The van der Waals surface area contributed by atoms with Crippen LogP contribution in [0.25, 0.3) is 0 Å². The fraction of sp³-hybridized carbons (Fsp3) is 1.00. The van der Waals surface area contributed by atoms with E-state index in [2.05, 4.69) is 0 Å². The fourth-order valence-electron chi connectivity index (χ4n) is 0.369. The maximum atomic E-state index is 11.6. The van der Waals surface area contributed by atoms with Gasteiger partial charge >= 0.3 is 10.2 Å². The molecule has 0 rings (SSSR count). The number of hydrogen-bond acceptors (Lipinski definition) is 2. The van der Waals surface area contributed by atoms with Crippen molar-refractivity contribution in [3.05, 3.63) is 0 Å². The van der Waals surface area contributed by atoms with Crippen molar-refractivity contribution in [1.29, 1.82) is 0 Å². The lowest BCUT2D eigenvalue weighted by Crippen LogP contribution is -1.97. The first-order chi connectivity index (χ1) is 4.06. The van der Waals surface area contributed by atoms with Gasteiger partial charge < -0.3 is 0 Å². The molecule has 0 aliphatic heterocycles. The topological polar surface area (TPSA) is 34.1 Å². The van der Waals surface area contributed by atoms with Crippen molar-refractivity contribution in [2.24, 2.45) is 0 Å². The molecular formula is C4H8ClFO2S. The normalized spacial score (nSPS) is 11.8. The van der Waals surface area contributed by atoms with Gasteiger partial charge in [-0.25, -0.2) is 0 Å². The van der Waals surface area contributed by atoms with Crippen molar-refractivity contribution in [1.82, 2.24) is 0 Å². The predicted molar refractivity (Wildman–Crippen MR) is 34.8 cm³/mol. The summed E-state index contributed by atoms with van der Waals surface area (Å²) in [7, 11) is -4.26. The van der Waals surface area contributed by atoms with E-state index in [9.17, 15) is 12.3 Å². The molecule has 9 heavy (non-hydrogen) atoms. The molecule has 0 amide bonds. The molecule has 0 heterocycles. The molecule has 0 aliphatic rings. The highest BCUT2D eigenvalue weighted by Crippen LogP contribution is 1.98. The Kier molecular flexibility index (Phi) is 4.14. The van der Waals surface area contributed by atoms with Crippen molar-refractivity contribution in [3.63, 3.8) is 0 Å². The zero-order valence-corrected chi connectivity index (χ0v) is 6.38. The lowest BCUT2D eigenvalue weighted by atomic mass is 10.4. The van der Waals surface area contributed by atoms with Gasteiger partial charge in [-0.2, -0.15) is 8.42 Å². The summed E-state index contributed by atoms with van der Waals surface area (Å²) in [4.78, 5) is 0. The van der Waals surface area contributed by atoms with Crippen LogP contribution in [0.15, 0.2) is 0 Å². The minimum atomic E-state index is -4.26. The zero-order valence-electron chi connectivity index (χ0n) is 4.81. The monoisotopic (exact) mass is 174 g/mol. The van der Waals surface area contributed by atoms with Gasteiger partial charge in [0.1, 0.15) is 0 Å². The van der Waals surface area contributed by atoms with Gasteiger partial charge in [0.15, 0.2) is 0 Å². The van der Waals surface area contributed by atoms with E-state index in [1.807, 2.05) is 0 Å². The lowest BCUT2D eigenvalue weighted by Gasteiger charge is -1.90. The average molecular weight is 175 g/mol. The third-order valence-electron chi connectivity index (χ3n) is 0.772. The highest BCUT2D eigenvalue weighted by molar-refractivity contribution is 7.86. The van der Waals surface area contributed by atoms with Gasteiger partial charge in [0, 0.05) is 5.88 Å². The molecule has 0 bridgehead atoms. The van der Waals surface area contributed by atoms with Gasteiger partial charge in [0.25, 0.3) is 0 Å². The van der Waals surface area contributed by atoms with E-state index in [1.54, 1.807) is 0 Å². The third-order valence-corrected chi connectivity index (χ3v) is 1.82. The highest BCUT2D eigenvalue weighted by Gasteiger charge is 2.04. The largest absolute Gasteiger partial charge is 0.302 e. The van der Waals surface area contributed by atoms with Crippen molar-refractivity contribution in [2.75, 3.05) is 11.6 Å². The van der Waals surface area contributed by atoms with Crippen LogP contribution >= 0.6 is 11.6 Å². The summed E-state index contributed by atoms with van der Waals surface area (Å²) >= 11 is 5.21. The molecule has 0 saturated carbocycles. The SMILES string of the molecule is O=S(=O)(F)CCCCCl. The fourth-order valence-corrected chi connectivity index (χ4v) is 1.11. The smallest absolute Gasteiger partial charge is 0.195 e. The van der Waals surface area contributed by atoms with Crippen LogP contribution in [-0.2, 0) is 10.2 Å². The molecule has 0 fully saturated rings. The average Bonchev–Trinajstić information content (AvgIpc) is 1.63. The summed E-state index contributed by atoms with van der Waals surface area (Å²) in [6.07, 6.45) is 0.854. The minimum Gasteiger partial charge on any atom is -0.195 e. The number of alkyl halides is 1. The summed E-state index contributed by atoms with van der Waals surface area (Å²) in [5.74, 6) is -0.0186. The van der Waals surface area contributed by atoms with Crippen molar-refractivity contribution >= 4 is 21.8 Å². The van der Waals surface area contributed by atoms with Gasteiger partial charge in [-0.1, -0.05) is 0 Å². The highest BCUT2D eigenvalue weighted by atomic mass is 35.5. The van der Waals surface area contributed by atoms with Gasteiger partial charge in [-0.15, -0.1) is 15.5 Å². The quantitative estimate of drug-likeness (QED) is 0.366. The van der Waals surface area contributed by atoms with E-state index in [-0.39, 0.29) is 0 Å². The molecule has 0 atom stereocenters. The lowest BCUT2D eigenvalue weighted by molar-refractivity contribution is 0.549. The minimum absolute atomic E-state index is 0.308. The van der Waals surface area contributed by atoms with Gasteiger partial charge in [0.05, 0.1) is 5.75 Å². The second kappa shape index (κ2) is 4.06. The van der Waals surface area contributed by atoms with E-state index < -0.39 is 16.0 Å². The Morgan fingerprint density at radius 3 is 2.22 bits per heavy atom. The predicted octanol–water partition coefficient (Wildman–Crippen LogP) is 1.30. The first-order valence-corrected chi connectivity index (χ1v) is 4.63. The van der Waals surface area contributed by atoms with Crippen LogP contribution in [0.4, 0.5) is 3.89 Å². The molecule has 56 valence electrons. The van der Waals surface area contributed by atoms with Crippen LogP contribution in [0.2, 0.25) is 0 Å². The van der Waals surface area contributed by atoms with Crippen molar-refractivity contribution in [3.8, 4) is 0 Å². The van der Waals surface area contributed by atoms with Crippen LogP contribution < -0.4 is 0 Å². The Hall–Kier alpha value is 0.170. The van der Waals surface area contributed by atoms with Crippen molar-refractivity contribution in [2.45, 2.75) is 12.8 Å². The molecular weight excluding hydrogens is 167 g/mol. The van der Waals surface area contributed by atoms with Crippen LogP contribution in [0.3, 0.4) is 0 Å². The van der Waals surface area contributed by atoms with E-state index in [0.29, 0.717) is 18.7 Å². The van der Waals surface area contributed by atoms with Crippen LogP contribution in [0.5, 0.6) is 0 Å². The number of hydrogen-bond donors (Lipinski definition) is 0. The molecule has 0 aromatic heterocycles. The Labute approximate surface area is 59.2 Å². The summed E-state index contributed by atoms with van der Waals surface area (Å²) in [5, 5.41) is 0. The Bertz CT molecular complexity index is 154. The van der Waals surface area contributed by atoms with Gasteiger partial charge in [-0.05, 0) is 12.8 Å². The maximum Gasteiger partial charge on any atom is 0.302 e. The molecule has 0 aromatic carbocycles. The maximum absolute atomic E-state index is 11.6. The second-order valence-electron chi connectivity index (χ2n) is 1.64. The Balaban J connectivity index is 3.30. The van der Waals surface area contributed by atoms with E-state index in [1.165, 1.54) is 0 Å². The molecule has 0 spiro atoms. The molecule has 2 nitrogen and oxygen atoms in total. The Morgan fingerprint density at radius 1 is 1.33 bits per heavy atom. The molecule has 5 heteroatoms. The van der Waals surface area contributed by atoms with E-state index >= 15 is 0 Å². The van der Waals surface area contributed by atoms with Crippen LogP contribution in [0, 0.1) is 0 Å². The molecule has 0 saturated heterocycles. The van der Waals surface area contributed by atoms with Crippen molar-refractivity contribution < 1.29 is 12.3 Å². The van der Waals surface area contributed by atoms with E-state index in [4.69, 9.17) is 11.6 Å². The first kappa shape index (κ1) is 9.17. The first-order valence-electron chi connectivity index (χ1n) is 2.54.